The second-order valence-corrected chi connectivity index (χ2v) is 6.64. The first-order chi connectivity index (χ1) is 9.36. The second-order valence-electron chi connectivity index (χ2n) is 6.64. The van der Waals surface area contributed by atoms with Crippen LogP contribution in [0, 0.1) is 30.1 Å². The van der Waals surface area contributed by atoms with Crippen molar-refractivity contribution in [2.45, 2.75) is 52.1 Å². The highest BCUT2D eigenvalue weighted by atomic mass is 16.3. The Morgan fingerprint density at radius 1 is 1.15 bits per heavy atom. The maximum Gasteiger partial charge on any atom is 0.144 e. The Kier molecular flexibility index (Phi) is 4.74. The summed E-state index contributed by atoms with van der Waals surface area (Å²) in [5, 5.41) is 10.4. The van der Waals surface area contributed by atoms with Crippen LogP contribution in [0.15, 0.2) is 0 Å². The van der Waals surface area contributed by atoms with E-state index in [-0.39, 0.29) is 35.1 Å². The van der Waals surface area contributed by atoms with Crippen molar-refractivity contribution in [1.29, 1.82) is 0 Å². The SMILES string of the molecule is CC1CC(C)C(=O)C(C(O)CC2CC(=O)[CH]C(=O)C2)C1. The van der Waals surface area contributed by atoms with Crippen molar-refractivity contribution in [2.75, 3.05) is 0 Å². The van der Waals surface area contributed by atoms with Gasteiger partial charge in [0.2, 0.25) is 0 Å². The molecule has 2 rings (SSSR count). The maximum atomic E-state index is 12.2. The largest absolute Gasteiger partial charge is 0.392 e. The molecule has 2 aliphatic rings. The maximum absolute atomic E-state index is 12.2. The smallest absolute Gasteiger partial charge is 0.144 e. The van der Waals surface area contributed by atoms with Gasteiger partial charge in [0.1, 0.15) is 17.3 Å². The molecule has 2 aliphatic carbocycles. The van der Waals surface area contributed by atoms with Crippen LogP contribution in [0.25, 0.3) is 0 Å². The molecule has 4 nitrogen and oxygen atoms in total. The topological polar surface area (TPSA) is 71.4 Å². The highest BCUT2D eigenvalue weighted by Crippen LogP contribution is 2.35. The Hall–Kier alpha value is -1.03. The molecular weight excluding hydrogens is 256 g/mol. The zero-order chi connectivity index (χ0) is 14.9. The molecule has 2 saturated carbocycles. The number of ketones is 3. The summed E-state index contributed by atoms with van der Waals surface area (Å²) in [6.45, 7) is 4.02. The van der Waals surface area contributed by atoms with Gasteiger partial charge in [-0.3, -0.25) is 14.4 Å². The predicted molar refractivity (Wildman–Crippen MR) is 73.7 cm³/mol. The summed E-state index contributed by atoms with van der Waals surface area (Å²) >= 11 is 0. The third-order valence-electron chi connectivity index (χ3n) is 4.60. The summed E-state index contributed by atoms with van der Waals surface area (Å²) < 4.78 is 0. The van der Waals surface area contributed by atoms with E-state index in [9.17, 15) is 19.5 Å². The monoisotopic (exact) mass is 279 g/mol. The molecule has 1 radical (unpaired) electrons. The molecule has 4 heteroatoms. The summed E-state index contributed by atoms with van der Waals surface area (Å²) in [5.74, 6) is -0.187. The van der Waals surface area contributed by atoms with Crippen LogP contribution in [-0.4, -0.2) is 28.6 Å². The quantitative estimate of drug-likeness (QED) is 0.854. The van der Waals surface area contributed by atoms with Crippen molar-refractivity contribution in [3.05, 3.63) is 6.42 Å². The molecule has 0 bridgehead atoms. The Bertz CT molecular complexity index is 399. The van der Waals surface area contributed by atoms with Gasteiger partial charge in [-0.05, 0) is 31.1 Å². The molecule has 0 saturated heterocycles. The number of Topliss-reactive ketones (excluding diaryl/α,β-unsaturated/α-hetero) is 3. The van der Waals surface area contributed by atoms with E-state index in [1.807, 2.05) is 6.92 Å². The molecule has 0 aromatic heterocycles. The van der Waals surface area contributed by atoms with Crippen LogP contribution in [0.4, 0.5) is 0 Å². The van der Waals surface area contributed by atoms with Crippen molar-refractivity contribution < 1.29 is 19.5 Å². The standard InChI is InChI=1S/C16H23O4/c1-9-3-10(2)16(20)14(4-9)15(19)7-11-5-12(17)8-13(18)6-11/h8-11,14-15,19H,3-7H2,1-2H3. The van der Waals surface area contributed by atoms with Crippen LogP contribution in [0.5, 0.6) is 0 Å². The molecule has 0 heterocycles. The van der Waals surface area contributed by atoms with Gasteiger partial charge in [-0.15, -0.1) is 0 Å². The van der Waals surface area contributed by atoms with Gasteiger partial charge in [0, 0.05) is 24.7 Å². The molecule has 4 atom stereocenters. The molecule has 111 valence electrons. The first kappa shape index (κ1) is 15.4. The fourth-order valence-electron chi connectivity index (χ4n) is 3.69. The van der Waals surface area contributed by atoms with Crippen molar-refractivity contribution in [2.24, 2.45) is 23.7 Å². The van der Waals surface area contributed by atoms with Gasteiger partial charge in [-0.25, -0.2) is 0 Å². The van der Waals surface area contributed by atoms with Crippen LogP contribution in [0.2, 0.25) is 0 Å². The molecule has 0 aromatic rings. The van der Waals surface area contributed by atoms with Gasteiger partial charge < -0.3 is 5.11 Å². The Morgan fingerprint density at radius 3 is 2.35 bits per heavy atom. The zero-order valence-corrected chi connectivity index (χ0v) is 12.2. The van der Waals surface area contributed by atoms with E-state index in [1.165, 1.54) is 0 Å². The van der Waals surface area contributed by atoms with Gasteiger partial charge in [-0.1, -0.05) is 13.8 Å². The van der Waals surface area contributed by atoms with Crippen molar-refractivity contribution in [3.63, 3.8) is 0 Å². The second kappa shape index (κ2) is 6.17. The molecule has 0 aliphatic heterocycles. The number of hydrogen-bond donors (Lipinski definition) is 1. The van der Waals surface area contributed by atoms with Crippen molar-refractivity contribution in [1.82, 2.24) is 0 Å². The molecule has 0 amide bonds. The normalized spacial score (nSPS) is 34.4. The lowest BCUT2D eigenvalue weighted by molar-refractivity contribution is -0.134. The third kappa shape index (κ3) is 3.54. The van der Waals surface area contributed by atoms with Crippen LogP contribution in [0.3, 0.4) is 0 Å². The Labute approximate surface area is 119 Å². The highest BCUT2D eigenvalue weighted by molar-refractivity contribution is 6.12. The first-order valence-corrected chi connectivity index (χ1v) is 7.49. The minimum Gasteiger partial charge on any atom is -0.392 e. The fraction of sp³-hybridized carbons (Fsp3) is 0.750. The lowest BCUT2D eigenvalue weighted by Gasteiger charge is -2.34. The zero-order valence-electron chi connectivity index (χ0n) is 12.2. The van der Waals surface area contributed by atoms with E-state index >= 15 is 0 Å². The summed E-state index contributed by atoms with van der Waals surface area (Å²) in [6.07, 6.45) is 3.03. The molecular formula is C16H23O4. The van der Waals surface area contributed by atoms with E-state index in [1.54, 1.807) is 0 Å². The number of hydrogen-bond acceptors (Lipinski definition) is 4. The molecule has 0 aromatic carbocycles. The van der Waals surface area contributed by atoms with E-state index in [4.69, 9.17) is 0 Å². The van der Waals surface area contributed by atoms with E-state index in [2.05, 4.69) is 6.92 Å². The molecule has 1 N–H and O–H groups in total. The lowest BCUT2D eigenvalue weighted by atomic mass is 9.71. The van der Waals surface area contributed by atoms with Gasteiger partial charge >= 0.3 is 0 Å². The predicted octanol–water partition coefficient (Wildman–Crippen LogP) is 1.74. The van der Waals surface area contributed by atoms with Crippen LogP contribution in [0.1, 0.15) is 46.0 Å². The summed E-state index contributed by atoms with van der Waals surface area (Å²) in [6, 6.07) is 0. The Balaban J connectivity index is 1.96. The lowest BCUT2D eigenvalue weighted by Crippen LogP contribution is -2.39. The summed E-state index contributed by atoms with van der Waals surface area (Å²) in [7, 11) is 0. The number of rotatable bonds is 3. The molecule has 20 heavy (non-hydrogen) atoms. The van der Waals surface area contributed by atoms with E-state index in [0.717, 1.165) is 12.8 Å². The first-order valence-electron chi connectivity index (χ1n) is 7.49. The summed E-state index contributed by atoms with van der Waals surface area (Å²) in [4.78, 5) is 35.0. The van der Waals surface area contributed by atoms with Crippen LogP contribution in [-0.2, 0) is 14.4 Å². The van der Waals surface area contributed by atoms with Gasteiger partial charge in [0.15, 0.2) is 0 Å². The van der Waals surface area contributed by atoms with Gasteiger partial charge in [0.25, 0.3) is 0 Å². The number of carbonyl (C=O) groups excluding carboxylic acids is 3. The van der Waals surface area contributed by atoms with E-state index in [0.29, 0.717) is 31.6 Å². The minimum atomic E-state index is -0.726. The number of aliphatic hydroxyl groups is 1. The van der Waals surface area contributed by atoms with Crippen LogP contribution >= 0.6 is 0 Å². The molecule has 2 fully saturated rings. The van der Waals surface area contributed by atoms with Gasteiger partial charge in [0.05, 0.1) is 12.5 Å². The molecule has 4 unspecified atom stereocenters. The average molecular weight is 279 g/mol. The summed E-state index contributed by atoms with van der Waals surface area (Å²) in [5.41, 5.74) is 0. The van der Waals surface area contributed by atoms with E-state index < -0.39 is 6.10 Å². The highest BCUT2D eigenvalue weighted by Gasteiger charge is 2.38. The average Bonchev–Trinajstić information content (AvgIpc) is 2.32. The van der Waals surface area contributed by atoms with Crippen molar-refractivity contribution in [3.8, 4) is 0 Å². The Morgan fingerprint density at radius 2 is 1.75 bits per heavy atom. The van der Waals surface area contributed by atoms with Gasteiger partial charge in [-0.2, -0.15) is 0 Å². The molecule has 0 spiro atoms. The minimum absolute atomic E-state index is 0.00125. The third-order valence-corrected chi connectivity index (χ3v) is 4.60. The van der Waals surface area contributed by atoms with Crippen LogP contribution < -0.4 is 0 Å². The number of aliphatic hydroxyl groups excluding tert-OH is 1. The fourth-order valence-corrected chi connectivity index (χ4v) is 3.69. The van der Waals surface area contributed by atoms with Crippen molar-refractivity contribution >= 4 is 17.3 Å². The number of carbonyl (C=O) groups is 3.